The van der Waals surface area contributed by atoms with Crippen LogP contribution in [0.5, 0.6) is 5.75 Å². The maximum Gasteiger partial charge on any atom is 0.425 e. The van der Waals surface area contributed by atoms with Gasteiger partial charge in [-0.3, -0.25) is 0 Å². The normalized spacial score (nSPS) is 19.5. The van der Waals surface area contributed by atoms with Gasteiger partial charge in [-0.2, -0.15) is 0 Å². The van der Waals surface area contributed by atoms with Gasteiger partial charge in [-0.15, -0.1) is 0 Å². The van der Waals surface area contributed by atoms with E-state index in [1.165, 1.54) is 6.07 Å². The summed E-state index contributed by atoms with van der Waals surface area (Å²) in [5, 5.41) is 0.120. The zero-order chi connectivity index (χ0) is 20.1. The molecule has 2 heterocycles. The van der Waals surface area contributed by atoms with Crippen molar-refractivity contribution in [1.82, 2.24) is 4.57 Å². The van der Waals surface area contributed by atoms with Gasteiger partial charge in [-0.05, 0) is 19.9 Å². The molecule has 27 heavy (non-hydrogen) atoms. The molecule has 1 saturated heterocycles. The predicted molar refractivity (Wildman–Crippen MR) is 102 cm³/mol. The van der Waals surface area contributed by atoms with Crippen LogP contribution >= 0.6 is 23.2 Å². The zero-order valence-corrected chi connectivity index (χ0v) is 17.4. The number of hydrogen-bond acceptors (Lipinski definition) is 4. The van der Waals surface area contributed by atoms with Crippen LogP contribution in [-0.2, 0) is 10.2 Å². The summed E-state index contributed by atoms with van der Waals surface area (Å²) in [5.74, 6) is -0.958. The quantitative estimate of drug-likeness (QED) is 0.695. The number of oxazole rings is 1. The van der Waals surface area contributed by atoms with Gasteiger partial charge in [-0.1, -0.05) is 44.0 Å². The summed E-state index contributed by atoms with van der Waals surface area (Å²) in [6.07, 6.45) is 0.439. The highest BCUT2D eigenvalue weighted by atomic mass is 35.5. The fourth-order valence-corrected chi connectivity index (χ4v) is 3.72. The summed E-state index contributed by atoms with van der Waals surface area (Å²) in [6, 6.07) is 2.46. The van der Waals surface area contributed by atoms with E-state index in [1.54, 1.807) is 0 Å². The number of aromatic nitrogens is 1. The van der Waals surface area contributed by atoms with Gasteiger partial charge in [-0.25, -0.2) is 13.8 Å². The minimum Gasteiger partial charge on any atom is -0.486 e. The molecule has 1 aliphatic heterocycles. The first-order valence-corrected chi connectivity index (χ1v) is 9.36. The van der Waals surface area contributed by atoms with Gasteiger partial charge in [0.15, 0.2) is 10.9 Å². The van der Waals surface area contributed by atoms with E-state index < -0.39 is 17.0 Å². The second-order valence-electron chi connectivity index (χ2n) is 8.32. The van der Waals surface area contributed by atoms with E-state index in [0.29, 0.717) is 13.0 Å². The summed E-state index contributed by atoms with van der Waals surface area (Å²) in [5.41, 5.74) is -0.898. The van der Waals surface area contributed by atoms with Gasteiger partial charge in [0.2, 0.25) is 0 Å². The molecular weight excluding hydrogens is 396 g/mol. The summed E-state index contributed by atoms with van der Waals surface area (Å²) in [6.45, 7) is 9.86. The fourth-order valence-electron chi connectivity index (χ4n) is 3.04. The zero-order valence-electron chi connectivity index (χ0n) is 15.9. The Labute approximate surface area is 167 Å². The molecule has 5 nitrogen and oxygen atoms in total. The first-order valence-electron chi connectivity index (χ1n) is 8.61. The third-order valence-corrected chi connectivity index (χ3v) is 4.99. The molecule has 0 aliphatic carbocycles. The molecule has 2 aromatic rings. The molecule has 8 heteroatoms. The van der Waals surface area contributed by atoms with Crippen molar-refractivity contribution < 1.29 is 18.3 Å². The van der Waals surface area contributed by atoms with Gasteiger partial charge in [0.25, 0.3) is 0 Å². The minimum absolute atomic E-state index is 0.0185. The molecule has 0 radical (unpaired) electrons. The lowest BCUT2D eigenvalue weighted by atomic mass is 9.94. The molecule has 148 valence electrons. The van der Waals surface area contributed by atoms with Crippen molar-refractivity contribution in [2.75, 3.05) is 6.61 Å². The number of ether oxygens (including phenoxy) is 2. The first kappa shape index (κ1) is 20.2. The highest BCUT2D eigenvalue weighted by Gasteiger charge is 2.34. The van der Waals surface area contributed by atoms with E-state index in [-0.39, 0.29) is 39.1 Å². The minimum atomic E-state index is -0.776. The molecule has 0 bridgehead atoms. The number of rotatable bonds is 3. The van der Waals surface area contributed by atoms with Gasteiger partial charge in [0.1, 0.15) is 17.7 Å². The van der Waals surface area contributed by atoms with Crippen LogP contribution in [0.3, 0.4) is 0 Å². The number of benzene rings is 1. The van der Waals surface area contributed by atoms with Crippen LogP contribution in [0, 0.1) is 5.82 Å². The van der Waals surface area contributed by atoms with Crippen molar-refractivity contribution in [2.24, 2.45) is 0 Å². The predicted octanol–water partition coefficient (Wildman–Crippen LogP) is 5.12. The highest BCUT2D eigenvalue weighted by molar-refractivity contribution is 6.32. The Bertz CT molecular complexity index is 927. The molecule has 1 fully saturated rings. The molecule has 1 aromatic heterocycles. The topological polar surface area (TPSA) is 53.6 Å². The second kappa shape index (κ2) is 6.83. The van der Waals surface area contributed by atoms with Crippen LogP contribution < -0.4 is 10.5 Å². The van der Waals surface area contributed by atoms with Crippen LogP contribution in [0.25, 0.3) is 5.69 Å². The maximum atomic E-state index is 14.6. The molecule has 0 saturated carbocycles. The Hall–Kier alpha value is -1.50. The molecule has 3 rings (SSSR count). The Morgan fingerprint density at radius 2 is 1.96 bits per heavy atom. The molecule has 1 unspecified atom stereocenters. The lowest BCUT2D eigenvalue weighted by molar-refractivity contribution is 0.0319. The molecule has 0 spiro atoms. The van der Waals surface area contributed by atoms with Crippen LogP contribution in [0.4, 0.5) is 4.39 Å². The lowest BCUT2D eigenvalue weighted by Gasteiger charge is -2.17. The second-order valence-corrected chi connectivity index (χ2v) is 9.09. The molecule has 0 N–H and O–H groups in total. The van der Waals surface area contributed by atoms with E-state index in [2.05, 4.69) is 0 Å². The number of hydrogen-bond donors (Lipinski definition) is 0. The third-order valence-electron chi connectivity index (χ3n) is 4.35. The Morgan fingerprint density at radius 1 is 1.30 bits per heavy atom. The van der Waals surface area contributed by atoms with E-state index in [1.807, 2.05) is 34.6 Å². The lowest BCUT2D eigenvalue weighted by Crippen LogP contribution is -2.21. The van der Waals surface area contributed by atoms with Gasteiger partial charge in [0, 0.05) is 17.9 Å². The van der Waals surface area contributed by atoms with Gasteiger partial charge >= 0.3 is 5.76 Å². The van der Waals surface area contributed by atoms with Crippen molar-refractivity contribution in [2.45, 2.75) is 58.2 Å². The van der Waals surface area contributed by atoms with Crippen LogP contribution in [0.15, 0.2) is 21.3 Å². The summed E-state index contributed by atoms with van der Waals surface area (Å²) >= 11 is 12.5. The third kappa shape index (κ3) is 4.03. The SMILES string of the molecule is CC1(C)CC(Oc2cc(-n3c(Cl)c(C(C)(C)C)oc3=O)c(F)cc2Cl)CO1. The van der Waals surface area contributed by atoms with Crippen molar-refractivity contribution in [3.05, 3.63) is 44.4 Å². The summed E-state index contributed by atoms with van der Waals surface area (Å²) < 4.78 is 32.4. The summed E-state index contributed by atoms with van der Waals surface area (Å²) in [4.78, 5) is 12.3. The van der Waals surface area contributed by atoms with Crippen LogP contribution in [0.1, 0.15) is 46.8 Å². The van der Waals surface area contributed by atoms with Gasteiger partial charge < -0.3 is 13.9 Å². The van der Waals surface area contributed by atoms with Gasteiger partial charge in [0.05, 0.1) is 22.9 Å². The average Bonchev–Trinajstić information content (AvgIpc) is 3.01. The largest absolute Gasteiger partial charge is 0.486 e. The average molecular weight is 418 g/mol. The van der Waals surface area contributed by atoms with E-state index in [4.69, 9.17) is 37.1 Å². The standard InChI is InChI=1S/C19H22Cl2FNO4/c1-18(2,3)15-16(21)23(17(24)27-15)13-7-14(11(20)6-12(13)22)26-10-8-19(4,5)25-9-10/h6-7,10H,8-9H2,1-5H3. The van der Waals surface area contributed by atoms with Crippen LogP contribution in [0.2, 0.25) is 10.2 Å². The van der Waals surface area contributed by atoms with Crippen molar-refractivity contribution in [3.8, 4) is 11.4 Å². The van der Waals surface area contributed by atoms with Crippen molar-refractivity contribution >= 4 is 23.2 Å². The number of nitrogens with zero attached hydrogens (tertiary/aromatic N) is 1. The van der Waals surface area contributed by atoms with Crippen molar-refractivity contribution in [3.63, 3.8) is 0 Å². The first-order chi connectivity index (χ1) is 12.4. The molecular formula is C19H22Cl2FNO4. The highest BCUT2D eigenvalue weighted by Crippen LogP contribution is 2.36. The Kier molecular flexibility index (Phi) is 5.12. The van der Waals surface area contributed by atoms with E-state index >= 15 is 0 Å². The smallest absolute Gasteiger partial charge is 0.425 e. The molecule has 0 amide bonds. The molecule has 1 aliphatic rings. The van der Waals surface area contributed by atoms with E-state index in [0.717, 1.165) is 10.6 Å². The molecule has 1 aromatic carbocycles. The monoisotopic (exact) mass is 417 g/mol. The maximum absolute atomic E-state index is 14.6. The Balaban J connectivity index is 2.03. The molecule has 1 atom stereocenters. The van der Waals surface area contributed by atoms with Crippen LogP contribution in [-0.4, -0.2) is 22.9 Å². The van der Waals surface area contributed by atoms with E-state index in [9.17, 15) is 9.18 Å². The Morgan fingerprint density at radius 3 is 2.48 bits per heavy atom. The summed E-state index contributed by atoms with van der Waals surface area (Å²) in [7, 11) is 0. The number of halogens is 3. The van der Waals surface area contributed by atoms with Crippen molar-refractivity contribution in [1.29, 1.82) is 0 Å². The fraction of sp³-hybridized carbons (Fsp3) is 0.526.